The lowest BCUT2D eigenvalue weighted by molar-refractivity contribution is 0.129. The summed E-state index contributed by atoms with van der Waals surface area (Å²) in [7, 11) is 1.87. The molecule has 2 aliphatic rings. The molecule has 2 heterocycles. The smallest absolute Gasteiger partial charge is 0.191 e. The van der Waals surface area contributed by atoms with Crippen LogP contribution in [0.15, 0.2) is 35.3 Å². The van der Waals surface area contributed by atoms with Crippen molar-refractivity contribution < 1.29 is 0 Å². The molecule has 1 atom stereocenters. The average molecular weight is 387 g/mol. The molecule has 0 spiro atoms. The largest absolute Gasteiger partial charge is 0.355 e. The molecule has 1 aromatic rings. The number of piperazine rings is 1. The molecule has 6 heteroatoms. The van der Waals surface area contributed by atoms with E-state index in [0.717, 1.165) is 64.9 Å². The van der Waals surface area contributed by atoms with Gasteiger partial charge in [-0.25, -0.2) is 0 Å². The number of benzene rings is 1. The first-order chi connectivity index (χ1) is 13.8. The highest BCUT2D eigenvalue weighted by atomic mass is 15.3. The summed E-state index contributed by atoms with van der Waals surface area (Å²) in [4.78, 5) is 12.1. The van der Waals surface area contributed by atoms with E-state index < -0.39 is 0 Å². The number of aliphatic imine (C=N–C) groups is 1. The molecule has 6 nitrogen and oxygen atoms in total. The third-order valence-electron chi connectivity index (χ3n) is 6.07. The Morgan fingerprint density at radius 3 is 2.50 bits per heavy atom. The molecule has 2 saturated heterocycles. The van der Waals surface area contributed by atoms with E-state index >= 15 is 0 Å². The molecule has 0 bridgehead atoms. The Kier molecular flexibility index (Phi) is 8.58. The Hall–Kier alpha value is -1.63. The summed E-state index contributed by atoms with van der Waals surface area (Å²) in [5, 5.41) is 7.01. The molecule has 0 aliphatic carbocycles. The summed E-state index contributed by atoms with van der Waals surface area (Å²) >= 11 is 0. The van der Waals surface area contributed by atoms with Gasteiger partial charge in [0, 0.05) is 65.4 Å². The van der Waals surface area contributed by atoms with Gasteiger partial charge in [-0.15, -0.1) is 0 Å². The number of nitrogens with zero attached hydrogens (tertiary/aromatic N) is 4. The number of likely N-dealkylation sites (N-methyl/N-ethyl adjacent to an activating group) is 1. The van der Waals surface area contributed by atoms with Crippen molar-refractivity contribution in [2.24, 2.45) is 4.99 Å². The standard InChI is InChI=1S/C22H38N6/c1-3-28-12-7-10-21(28)18-25-22(23-2)24-11-13-26-14-16-27(17-15-26)19-20-8-5-4-6-9-20/h4-6,8-9,21H,3,7,10-19H2,1-2H3,(H2,23,24,25). The summed E-state index contributed by atoms with van der Waals surface area (Å²) in [6, 6.07) is 11.4. The number of rotatable bonds is 8. The first-order valence-corrected chi connectivity index (χ1v) is 11.0. The fourth-order valence-corrected chi connectivity index (χ4v) is 4.32. The second kappa shape index (κ2) is 11.4. The second-order valence-electron chi connectivity index (χ2n) is 7.91. The minimum absolute atomic E-state index is 0.654. The van der Waals surface area contributed by atoms with Crippen LogP contribution in [-0.4, -0.2) is 92.7 Å². The number of nitrogens with one attached hydrogen (secondary N) is 2. The Labute approximate surface area is 171 Å². The third-order valence-corrected chi connectivity index (χ3v) is 6.07. The number of hydrogen-bond acceptors (Lipinski definition) is 4. The zero-order chi connectivity index (χ0) is 19.6. The van der Waals surface area contributed by atoms with E-state index in [-0.39, 0.29) is 0 Å². The minimum Gasteiger partial charge on any atom is -0.355 e. The van der Waals surface area contributed by atoms with Crippen LogP contribution in [0, 0.1) is 0 Å². The van der Waals surface area contributed by atoms with Gasteiger partial charge in [0.15, 0.2) is 5.96 Å². The summed E-state index contributed by atoms with van der Waals surface area (Å²) in [5.41, 5.74) is 1.41. The average Bonchev–Trinajstić information content (AvgIpc) is 3.20. The molecule has 3 rings (SSSR count). The van der Waals surface area contributed by atoms with E-state index in [1.54, 1.807) is 0 Å². The molecule has 156 valence electrons. The summed E-state index contributed by atoms with van der Waals surface area (Å²) in [6.07, 6.45) is 2.62. The van der Waals surface area contributed by atoms with Gasteiger partial charge in [-0.3, -0.25) is 19.7 Å². The van der Waals surface area contributed by atoms with E-state index in [1.807, 2.05) is 7.05 Å². The zero-order valence-electron chi connectivity index (χ0n) is 17.7. The Balaban J connectivity index is 1.29. The maximum absolute atomic E-state index is 4.39. The van der Waals surface area contributed by atoms with Gasteiger partial charge in [-0.1, -0.05) is 37.3 Å². The molecule has 1 unspecified atom stereocenters. The first kappa shape index (κ1) is 21.1. The number of hydrogen-bond donors (Lipinski definition) is 2. The lowest BCUT2D eigenvalue weighted by Crippen LogP contribution is -2.49. The van der Waals surface area contributed by atoms with E-state index in [9.17, 15) is 0 Å². The van der Waals surface area contributed by atoms with E-state index in [2.05, 4.69) is 67.6 Å². The van der Waals surface area contributed by atoms with Gasteiger partial charge in [-0.05, 0) is 31.5 Å². The maximum Gasteiger partial charge on any atom is 0.191 e. The van der Waals surface area contributed by atoms with Gasteiger partial charge in [0.2, 0.25) is 0 Å². The monoisotopic (exact) mass is 386 g/mol. The van der Waals surface area contributed by atoms with Crippen molar-refractivity contribution in [2.45, 2.75) is 32.4 Å². The van der Waals surface area contributed by atoms with Crippen LogP contribution in [0.4, 0.5) is 0 Å². The highest BCUT2D eigenvalue weighted by Gasteiger charge is 2.22. The third kappa shape index (κ3) is 6.47. The van der Waals surface area contributed by atoms with Crippen LogP contribution in [0.25, 0.3) is 0 Å². The van der Waals surface area contributed by atoms with E-state index in [1.165, 1.54) is 24.9 Å². The highest BCUT2D eigenvalue weighted by Crippen LogP contribution is 2.15. The fourth-order valence-electron chi connectivity index (χ4n) is 4.32. The molecular weight excluding hydrogens is 348 g/mol. The van der Waals surface area contributed by atoms with E-state index in [4.69, 9.17) is 0 Å². The molecule has 1 aromatic carbocycles. The SMILES string of the molecule is CCN1CCCC1CNC(=NC)NCCN1CCN(Cc2ccccc2)CC1. The van der Waals surface area contributed by atoms with Crippen molar-refractivity contribution in [2.75, 3.05) is 66.0 Å². The van der Waals surface area contributed by atoms with E-state index in [0.29, 0.717) is 6.04 Å². The molecule has 0 amide bonds. The van der Waals surface area contributed by atoms with Gasteiger partial charge in [-0.2, -0.15) is 0 Å². The maximum atomic E-state index is 4.39. The van der Waals surface area contributed by atoms with Crippen molar-refractivity contribution in [3.8, 4) is 0 Å². The van der Waals surface area contributed by atoms with Crippen molar-refractivity contribution in [1.29, 1.82) is 0 Å². The van der Waals surface area contributed by atoms with Crippen LogP contribution in [0.5, 0.6) is 0 Å². The molecule has 0 radical (unpaired) electrons. The van der Waals surface area contributed by atoms with Gasteiger partial charge in [0.05, 0.1) is 0 Å². The van der Waals surface area contributed by atoms with Crippen LogP contribution in [0.3, 0.4) is 0 Å². The van der Waals surface area contributed by atoms with Gasteiger partial charge < -0.3 is 10.6 Å². The lowest BCUT2D eigenvalue weighted by atomic mass is 10.2. The summed E-state index contributed by atoms with van der Waals surface area (Å²) < 4.78 is 0. The van der Waals surface area contributed by atoms with Gasteiger partial charge >= 0.3 is 0 Å². The normalized spacial score (nSPS) is 22.5. The molecule has 0 aromatic heterocycles. The molecule has 0 saturated carbocycles. The van der Waals surface area contributed by atoms with Gasteiger partial charge in [0.1, 0.15) is 0 Å². The topological polar surface area (TPSA) is 46.1 Å². The molecule has 2 fully saturated rings. The Bertz CT molecular complexity index is 582. The summed E-state index contributed by atoms with van der Waals surface area (Å²) in [6.45, 7) is 13.3. The quantitative estimate of drug-likeness (QED) is 0.523. The fraction of sp³-hybridized carbons (Fsp3) is 0.682. The zero-order valence-corrected chi connectivity index (χ0v) is 17.7. The number of likely N-dealkylation sites (tertiary alicyclic amines) is 1. The van der Waals surface area contributed by atoms with Crippen molar-refractivity contribution in [3.05, 3.63) is 35.9 Å². The van der Waals surface area contributed by atoms with Crippen LogP contribution >= 0.6 is 0 Å². The molecule has 2 N–H and O–H groups in total. The predicted molar refractivity (Wildman–Crippen MR) is 118 cm³/mol. The van der Waals surface area contributed by atoms with Crippen molar-refractivity contribution in [1.82, 2.24) is 25.3 Å². The lowest BCUT2D eigenvalue weighted by Gasteiger charge is -2.34. The van der Waals surface area contributed by atoms with Crippen LogP contribution in [-0.2, 0) is 6.54 Å². The summed E-state index contributed by atoms with van der Waals surface area (Å²) in [5.74, 6) is 0.936. The number of guanidine groups is 1. The van der Waals surface area contributed by atoms with Gasteiger partial charge in [0.25, 0.3) is 0 Å². The van der Waals surface area contributed by atoms with Crippen LogP contribution in [0.2, 0.25) is 0 Å². The predicted octanol–water partition coefficient (Wildman–Crippen LogP) is 1.45. The second-order valence-corrected chi connectivity index (χ2v) is 7.91. The van der Waals surface area contributed by atoms with Crippen LogP contribution < -0.4 is 10.6 Å². The first-order valence-electron chi connectivity index (χ1n) is 11.0. The van der Waals surface area contributed by atoms with Crippen LogP contribution in [0.1, 0.15) is 25.3 Å². The molecule has 28 heavy (non-hydrogen) atoms. The minimum atomic E-state index is 0.654. The molecule has 2 aliphatic heterocycles. The van der Waals surface area contributed by atoms with Crippen molar-refractivity contribution in [3.63, 3.8) is 0 Å². The Morgan fingerprint density at radius 2 is 1.79 bits per heavy atom. The molecular formula is C22H38N6. The van der Waals surface area contributed by atoms with Crippen molar-refractivity contribution >= 4 is 5.96 Å². The Morgan fingerprint density at radius 1 is 1.04 bits per heavy atom. The highest BCUT2D eigenvalue weighted by molar-refractivity contribution is 5.79.